The molecule has 2 aromatic carbocycles. The fourth-order valence-electron chi connectivity index (χ4n) is 4.85. The number of pyridine rings is 1. The van der Waals surface area contributed by atoms with Gasteiger partial charge >= 0.3 is 5.97 Å². The first-order valence-electron chi connectivity index (χ1n) is 12.0. The second-order valence-electron chi connectivity index (χ2n) is 9.23. The van der Waals surface area contributed by atoms with Gasteiger partial charge in [-0.2, -0.15) is 0 Å². The van der Waals surface area contributed by atoms with Gasteiger partial charge in [-0.25, -0.2) is 17.6 Å². The first kappa shape index (κ1) is 27.7. The summed E-state index contributed by atoms with van der Waals surface area (Å²) in [5.41, 5.74) is 0.476. The number of benzene rings is 2. The van der Waals surface area contributed by atoms with Gasteiger partial charge in [-0.1, -0.05) is 23.4 Å². The van der Waals surface area contributed by atoms with Crippen molar-refractivity contribution in [3.05, 3.63) is 70.1 Å². The predicted molar refractivity (Wildman–Crippen MR) is 135 cm³/mol. The normalized spacial score (nSPS) is 18.6. The second kappa shape index (κ2) is 12.0. The van der Waals surface area contributed by atoms with E-state index in [1.54, 1.807) is 23.1 Å². The Morgan fingerprint density at radius 1 is 1.29 bits per heavy atom. The highest BCUT2D eigenvalue weighted by atomic mass is 35.5. The molecule has 0 saturated carbocycles. The lowest BCUT2D eigenvalue weighted by Crippen LogP contribution is -2.44. The molecule has 1 fully saturated rings. The van der Waals surface area contributed by atoms with Gasteiger partial charge < -0.3 is 9.84 Å². The minimum absolute atomic E-state index is 0.0781. The molecule has 10 heteroatoms. The third-order valence-corrected chi connectivity index (χ3v) is 7.15. The summed E-state index contributed by atoms with van der Waals surface area (Å²) in [6.45, 7) is 0.762. The van der Waals surface area contributed by atoms with Gasteiger partial charge in [-0.15, -0.1) is 0 Å². The van der Waals surface area contributed by atoms with Crippen molar-refractivity contribution in [3.8, 4) is 17.6 Å². The highest BCUT2D eigenvalue weighted by Crippen LogP contribution is 2.38. The average Bonchev–Trinajstić information content (AvgIpc) is 2.89. The number of piperidine rings is 1. The molecule has 1 N–H and O–H groups in total. The van der Waals surface area contributed by atoms with E-state index >= 15 is 4.39 Å². The van der Waals surface area contributed by atoms with Crippen LogP contribution in [0.25, 0.3) is 10.9 Å². The molecule has 0 amide bonds. The van der Waals surface area contributed by atoms with Crippen LogP contribution in [0.1, 0.15) is 36.6 Å². The Kier molecular flexibility index (Phi) is 8.75. The van der Waals surface area contributed by atoms with Gasteiger partial charge in [0, 0.05) is 29.8 Å². The van der Waals surface area contributed by atoms with E-state index in [0.717, 1.165) is 6.07 Å². The molecular weight excluding hydrogens is 524 g/mol. The summed E-state index contributed by atoms with van der Waals surface area (Å²) in [5.74, 6) is 0.0895. The number of aliphatic carboxylic acids is 1. The van der Waals surface area contributed by atoms with Gasteiger partial charge in [0.05, 0.1) is 35.7 Å². The van der Waals surface area contributed by atoms with E-state index in [-0.39, 0.29) is 30.5 Å². The molecule has 200 valence electrons. The van der Waals surface area contributed by atoms with E-state index in [1.165, 1.54) is 13.3 Å². The van der Waals surface area contributed by atoms with Crippen molar-refractivity contribution in [3.63, 3.8) is 0 Å². The van der Waals surface area contributed by atoms with Crippen LogP contribution in [-0.2, 0) is 4.79 Å². The third-order valence-electron chi connectivity index (χ3n) is 6.85. The number of hydrogen-bond acceptors (Lipinski definition) is 4. The molecular formula is C28H25ClF4N2O3. The van der Waals surface area contributed by atoms with E-state index < -0.39 is 41.1 Å². The molecule has 3 atom stereocenters. The number of fused-ring (bicyclic) bond motifs is 1. The molecule has 0 spiro atoms. The number of rotatable bonds is 7. The smallest absolute Gasteiger partial charge is 0.308 e. The van der Waals surface area contributed by atoms with Crippen LogP contribution in [-0.4, -0.2) is 47.7 Å². The molecule has 2 heterocycles. The Labute approximate surface area is 222 Å². The van der Waals surface area contributed by atoms with E-state index in [9.17, 15) is 23.1 Å². The lowest BCUT2D eigenvalue weighted by Gasteiger charge is -2.36. The molecule has 38 heavy (non-hydrogen) atoms. The lowest BCUT2D eigenvalue weighted by molar-refractivity contribution is -0.146. The number of alkyl halides is 1. The first-order chi connectivity index (χ1) is 18.2. The van der Waals surface area contributed by atoms with Crippen LogP contribution in [0.15, 0.2) is 36.5 Å². The van der Waals surface area contributed by atoms with Gasteiger partial charge in [-0.05, 0) is 56.0 Å². The SMILES string of the molecule is COc1ccc2ncc(Cl)c(C(F)CCC3CCN(CC#Cc4cc(F)cc(F)c4F)CC3C(=O)O)c2c1. The van der Waals surface area contributed by atoms with Crippen LogP contribution >= 0.6 is 11.6 Å². The van der Waals surface area contributed by atoms with Crippen LogP contribution in [0, 0.1) is 41.1 Å². The number of ether oxygens (including phenoxy) is 1. The molecule has 1 aliphatic rings. The number of aromatic nitrogens is 1. The molecule has 1 aromatic heterocycles. The monoisotopic (exact) mass is 548 g/mol. The van der Waals surface area contributed by atoms with Crippen LogP contribution in [0.2, 0.25) is 5.02 Å². The van der Waals surface area contributed by atoms with Crippen molar-refractivity contribution in [2.75, 3.05) is 26.7 Å². The standard InChI is InChI=1S/C28H25ClF4N2O3/c1-38-19-5-7-25-20(13-19)26(22(29)14-34-25)23(31)6-4-16-8-10-35(15-21(16)28(36)37)9-2-3-17-11-18(30)12-24(32)27(17)33/h5,7,11-14,16,21,23H,4,6,8-10,15H2,1H3,(H,36,37). The van der Waals surface area contributed by atoms with Crippen molar-refractivity contribution in [1.29, 1.82) is 0 Å². The summed E-state index contributed by atoms with van der Waals surface area (Å²) in [6, 6.07) is 6.37. The number of carbonyl (C=O) groups is 1. The summed E-state index contributed by atoms with van der Waals surface area (Å²) >= 11 is 6.31. The highest BCUT2D eigenvalue weighted by Gasteiger charge is 2.34. The van der Waals surface area contributed by atoms with E-state index in [4.69, 9.17) is 16.3 Å². The lowest BCUT2D eigenvalue weighted by atomic mass is 9.81. The Morgan fingerprint density at radius 3 is 2.82 bits per heavy atom. The largest absolute Gasteiger partial charge is 0.497 e. The highest BCUT2D eigenvalue weighted by molar-refractivity contribution is 6.32. The second-order valence-corrected chi connectivity index (χ2v) is 9.63. The molecule has 0 radical (unpaired) electrons. The number of carboxylic acids is 1. The number of nitrogens with zero attached hydrogens (tertiary/aromatic N) is 2. The summed E-state index contributed by atoms with van der Waals surface area (Å²) < 4.78 is 61.3. The average molecular weight is 549 g/mol. The maximum Gasteiger partial charge on any atom is 0.308 e. The molecule has 0 aliphatic carbocycles. The Morgan fingerprint density at radius 2 is 2.08 bits per heavy atom. The van der Waals surface area contributed by atoms with Gasteiger partial charge in [0.1, 0.15) is 17.7 Å². The predicted octanol–water partition coefficient (Wildman–Crippen LogP) is 6.18. The van der Waals surface area contributed by atoms with Gasteiger partial charge in [-0.3, -0.25) is 14.7 Å². The van der Waals surface area contributed by atoms with E-state index in [2.05, 4.69) is 16.8 Å². The molecule has 5 nitrogen and oxygen atoms in total. The fourth-order valence-corrected chi connectivity index (χ4v) is 5.12. The Hall–Kier alpha value is -3.35. The van der Waals surface area contributed by atoms with Crippen molar-refractivity contribution >= 4 is 28.5 Å². The van der Waals surface area contributed by atoms with Crippen LogP contribution in [0.3, 0.4) is 0 Å². The minimum Gasteiger partial charge on any atom is -0.497 e. The Bertz CT molecular complexity index is 1410. The number of likely N-dealkylation sites (tertiary alicyclic amines) is 1. The van der Waals surface area contributed by atoms with Gasteiger partial charge in [0.15, 0.2) is 11.6 Å². The number of hydrogen-bond donors (Lipinski definition) is 1. The zero-order valence-corrected chi connectivity index (χ0v) is 21.2. The van der Waals surface area contributed by atoms with Gasteiger partial charge in [0.2, 0.25) is 0 Å². The molecule has 4 rings (SSSR count). The summed E-state index contributed by atoms with van der Waals surface area (Å²) in [4.78, 5) is 18.0. The molecule has 1 aliphatic heterocycles. The fraction of sp³-hybridized carbons (Fsp3) is 0.357. The molecule has 1 saturated heterocycles. The Balaban J connectivity index is 1.42. The maximum absolute atomic E-state index is 15.5. The van der Waals surface area contributed by atoms with Crippen LogP contribution in [0.5, 0.6) is 5.75 Å². The van der Waals surface area contributed by atoms with E-state index in [0.29, 0.717) is 47.7 Å². The summed E-state index contributed by atoms with van der Waals surface area (Å²) in [5, 5.41) is 10.6. The number of methoxy groups -OCH3 is 1. The molecule has 0 bridgehead atoms. The quantitative estimate of drug-likeness (QED) is 0.217. The topological polar surface area (TPSA) is 62.7 Å². The van der Waals surface area contributed by atoms with Crippen molar-refractivity contribution in [2.45, 2.75) is 25.4 Å². The number of carboxylic acid groups (broad SMARTS) is 1. The van der Waals surface area contributed by atoms with Crippen molar-refractivity contribution in [2.24, 2.45) is 11.8 Å². The van der Waals surface area contributed by atoms with Crippen LogP contribution in [0.4, 0.5) is 17.6 Å². The summed E-state index contributed by atoms with van der Waals surface area (Å²) in [6.07, 6.45) is 0.874. The zero-order valence-electron chi connectivity index (χ0n) is 20.5. The van der Waals surface area contributed by atoms with Crippen molar-refractivity contribution < 1.29 is 32.2 Å². The minimum atomic E-state index is -1.43. The third kappa shape index (κ3) is 6.20. The number of halogens is 5. The first-order valence-corrected chi connectivity index (χ1v) is 12.4. The molecule has 3 unspecified atom stereocenters. The van der Waals surface area contributed by atoms with Gasteiger partial charge in [0.25, 0.3) is 0 Å². The zero-order chi connectivity index (χ0) is 27.4. The van der Waals surface area contributed by atoms with Crippen molar-refractivity contribution in [1.82, 2.24) is 9.88 Å². The summed E-state index contributed by atoms with van der Waals surface area (Å²) in [7, 11) is 1.51. The maximum atomic E-state index is 15.5. The van der Waals surface area contributed by atoms with Crippen LogP contribution < -0.4 is 4.74 Å². The van der Waals surface area contributed by atoms with E-state index in [1.807, 2.05) is 0 Å². The molecule has 3 aromatic rings.